The average Bonchev–Trinajstić information content (AvgIpc) is 3.35. The number of likely N-dealkylation sites (N-methyl/N-ethyl adjacent to an activating group) is 1. The number of benzene rings is 2. The predicted molar refractivity (Wildman–Crippen MR) is 129 cm³/mol. The molecule has 0 spiro atoms. The van der Waals surface area contributed by atoms with Crippen LogP contribution in [0.2, 0.25) is 0 Å². The number of carbonyl (C=O) groups is 2. The minimum Gasteiger partial charge on any atom is -0.457 e. The third kappa shape index (κ3) is 5.17. The van der Waals surface area contributed by atoms with Crippen LogP contribution in [0.4, 0.5) is 5.82 Å². The quantitative estimate of drug-likeness (QED) is 0.513. The summed E-state index contributed by atoms with van der Waals surface area (Å²) in [6.07, 6.45) is 2.11. The van der Waals surface area contributed by atoms with E-state index in [-0.39, 0.29) is 23.4 Å². The number of ether oxygens (including phenoxy) is 2. The van der Waals surface area contributed by atoms with Crippen molar-refractivity contribution in [2.45, 2.75) is 12.5 Å². The maximum Gasteiger partial charge on any atom is 0.254 e. The first kappa shape index (κ1) is 22.8. The zero-order chi connectivity index (χ0) is 24.1. The topological polar surface area (TPSA) is 98.0 Å². The molecule has 2 amide bonds. The summed E-state index contributed by atoms with van der Waals surface area (Å²) in [5.41, 5.74) is 5.73. The highest BCUT2D eigenvalue weighted by Crippen LogP contribution is 2.30. The van der Waals surface area contributed by atoms with Crippen LogP contribution in [0.1, 0.15) is 16.8 Å². The van der Waals surface area contributed by atoms with Crippen LogP contribution in [-0.4, -0.2) is 47.9 Å². The Bertz CT molecular complexity index is 1180. The molecule has 0 radical (unpaired) electrons. The summed E-state index contributed by atoms with van der Waals surface area (Å²) >= 11 is 0. The van der Waals surface area contributed by atoms with Gasteiger partial charge in [-0.25, -0.2) is 0 Å². The standard InChI is InChI=1S/C26H26N4O4/c1-3-24(31)29(2)18-15-16-30(17-18)23-14-13-22(25(27)32)26(28-23)34-21-11-9-20(10-12-21)33-19-7-5-4-6-8-19/h3-14,18H,1,15-17H2,2H3,(H2,27,32). The van der Waals surface area contributed by atoms with E-state index in [1.807, 2.05) is 35.2 Å². The molecule has 1 unspecified atom stereocenters. The van der Waals surface area contributed by atoms with Crippen LogP contribution in [-0.2, 0) is 4.79 Å². The first-order valence-electron chi connectivity index (χ1n) is 10.9. The smallest absolute Gasteiger partial charge is 0.254 e. The Kier molecular flexibility index (Phi) is 6.77. The highest BCUT2D eigenvalue weighted by molar-refractivity contribution is 5.95. The van der Waals surface area contributed by atoms with Crippen LogP contribution in [0.5, 0.6) is 23.1 Å². The molecular formula is C26H26N4O4. The highest BCUT2D eigenvalue weighted by Gasteiger charge is 2.29. The summed E-state index contributed by atoms with van der Waals surface area (Å²) in [4.78, 5) is 32.2. The van der Waals surface area contributed by atoms with E-state index >= 15 is 0 Å². The molecule has 4 rings (SSSR count). The van der Waals surface area contributed by atoms with Crippen LogP contribution in [0, 0.1) is 0 Å². The number of nitrogens with two attached hydrogens (primary N) is 1. The Labute approximate surface area is 198 Å². The number of pyridine rings is 1. The minimum absolute atomic E-state index is 0.0460. The number of carbonyl (C=O) groups excluding carboxylic acids is 2. The predicted octanol–water partition coefficient (Wildman–Crippen LogP) is 3.99. The maximum absolute atomic E-state index is 12.0. The zero-order valence-electron chi connectivity index (χ0n) is 18.9. The monoisotopic (exact) mass is 458 g/mol. The number of hydrogen-bond donors (Lipinski definition) is 1. The number of nitrogens with zero attached hydrogens (tertiary/aromatic N) is 3. The Hall–Kier alpha value is -4.33. The fraction of sp³-hybridized carbons (Fsp3) is 0.192. The molecule has 1 aromatic heterocycles. The van der Waals surface area contributed by atoms with Crippen molar-refractivity contribution in [2.75, 3.05) is 25.0 Å². The lowest BCUT2D eigenvalue weighted by atomic mass is 10.2. The van der Waals surface area contributed by atoms with Crippen molar-refractivity contribution in [1.82, 2.24) is 9.88 Å². The number of hydrogen-bond acceptors (Lipinski definition) is 6. The lowest BCUT2D eigenvalue weighted by Crippen LogP contribution is -2.38. The first-order chi connectivity index (χ1) is 16.4. The third-order valence-corrected chi connectivity index (χ3v) is 5.69. The molecule has 8 heteroatoms. The molecule has 1 aliphatic rings. The van der Waals surface area contributed by atoms with Gasteiger partial charge in [0.25, 0.3) is 5.91 Å². The molecule has 1 fully saturated rings. The molecule has 1 saturated heterocycles. The number of para-hydroxylation sites is 1. The van der Waals surface area contributed by atoms with E-state index in [0.29, 0.717) is 30.4 Å². The summed E-state index contributed by atoms with van der Waals surface area (Å²) in [5, 5.41) is 0. The molecule has 0 aliphatic carbocycles. The molecule has 34 heavy (non-hydrogen) atoms. The summed E-state index contributed by atoms with van der Waals surface area (Å²) in [6.45, 7) is 4.88. The maximum atomic E-state index is 12.0. The van der Waals surface area contributed by atoms with E-state index < -0.39 is 5.91 Å². The number of primary amides is 1. The second-order valence-corrected chi connectivity index (χ2v) is 7.92. The summed E-state index contributed by atoms with van der Waals surface area (Å²) in [6, 6.07) is 19.9. The van der Waals surface area contributed by atoms with Gasteiger partial charge >= 0.3 is 0 Å². The first-order valence-corrected chi connectivity index (χ1v) is 10.9. The van der Waals surface area contributed by atoms with Crippen molar-refractivity contribution in [2.24, 2.45) is 5.73 Å². The fourth-order valence-corrected chi connectivity index (χ4v) is 3.77. The molecule has 2 aromatic carbocycles. The van der Waals surface area contributed by atoms with Crippen LogP contribution in [0.3, 0.4) is 0 Å². The van der Waals surface area contributed by atoms with E-state index in [2.05, 4.69) is 11.6 Å². The largest absolute Gasteiger partial charge is 0.457 e. The van der Waals surface area contributed by atoms with Gasteiger partial charge in [0.1, 0.15) is 28.6 Å². The third-order valence-electron chi connectivity index (χ3n) is 5.69. The lowest BCUT2D eigenvalue weighted by molar-refractivity contribution is -0.126. The second kappa shape index (κ2) is 10.1. The fourth-order valence-electron chi connectivity index (χ4n) is 3.77. The van der Waals surface area contributed by atoms with Crippen LogP contribution in [0.15, 0.2) is 79.4 Å². The van der Waals surface area contributed by atoms with Gasteiger partial charge in [0.2, 0.25) is 11.8 Å². The summed E-state index contributed by atoms with van der Waals surface area (Å²) < 4.78 is 11.7. The molecule has 8 nitrogen and oxygen atoms in total. The average molecular weight is 459 g/mol. The summed E-state index contributed by atoms with van der Waals surface area (Å²) in [5.74, 6) is 1.89. The van der Waals surface area contributed by atoms with Crippen molar-refractivity contribution in [3.05, 3.63) is 84.9 Å². The van der Waals surface area contributed by atoms with E-state index in [9.17, 15) is 9.59 Å². The molecule has 3 aromatic rings. The molecule has 1 aliphatic heterocycles. The SMILES string of the molecule is C=CC(=O)N(C)C1CCN(c2ccc(C(N)=O)c(Oc3ccc(Oc4ccccc4)cc3)n2)C1. The van der Waals surface area contributed by atoms with Crippen molar-refractivity contribution >= 4 is 17.6 Å². The second-order valence-electron chi connectivity index (χ2n) is 7.92. The Morgan fingerprint density at radius 1 is 1.03 bits per heavy atom. The number of anilines is 1. The van der Waals surface area contributed by atoms with E-state index in [1.165, 1.54) is 6.08 Å². The highest BCUT2D eigenvalue weighted by atomic mass is 16.5. The van der Waals surface area contributed by atoms with E-state index in [0.717, 1.165) is 12.2 Å². The lowest BCUT2D eigenvalue weighted by Gasteiger charge is -2.24. The Morgan fingerprint density at radius 3 is 2.32 bits per heavy atom. The normalized spacial score (nSPS) is 15.0. The zero-order valence-corrected chi connectivity index (χ0v) is 18.9. The van der Waals surface area contributed by atoms with Gasteiger partial charge in [-0.1, -0.05) is 24.8 Å². The van der Waals surface area contributed by atoms with Gasteiger partial charge in [0.05, 0.1) is 6.04 Å². The van der Waals surface area contributed by atoms with Gasteiger partial charge in [-0.15, -0.1) is 0 Å². The number of amides is 2. The molecule has 174 valence electrons. The van der Waals surface area contributed by atoms with E-state index in [1.54, 1.807) is 48.3 Å². The molecule has 2 heterocycles. The minimum atomic E-state index is -0.631. The van der Waals surface area contributed by atoms with Gasteiger partial charge in [-0.2, -0.15) is 4.98 Å². The molecule has 2 N–H and O–H groups in total. The molecule has 0 saturated carbocycles. The van der Waals surface area contributed by atoms with Crippen LogP contribution >= 0.6 is 0 Å². The molecule has 0 bridgehead atoms. The van der Waals surface area contributed by atoms with Gasteiger partial charge < -0.3 is 25.0 Å². The van der Waals surface area contributed by atoms with Crippen molar-refractivity contribution in [3.63, 3.8) is 0 Å². The molecular weight excluding hydrogens is 432 g/mol. The van der Waals surface area contributed by atoms with Gasteiger partial charge in [0, 0.05) is 20.1 Å². The number of aromatic nitrogens is 1. The van der Waals surface area contributed by atoms with Crippen LogP contribution < -0.4 is 20.1 Å². The Balaban J connectivity index is 1.50. The van der Waals surface area contributed by atoms with Gasteiger partial charge in [-0.3, -0.25) is 9.59 Å². The number of rotatable bonds is 8. The van der Waals surface area contributed by atoms with Gasteiger partial charge in [0.15, 0.2) is 0 Å². The van der Waals surface area contributed by atoms with E-state index in [4.69, 9.17) is 15.2 Å². The summed E-state index contributed by atoms with van der Waals surface area (Å²) in [7, 11) is 1.77. The van der Waals surface area contributed by atoms with Crippen molar-refractivity contribution in [3.8, 4) is 23.1 Å². The molecule has 1 atom stereocenters. The Morgan fingerprint density at radius 2 is 1.68 bits per heavy atom. The van der Waals surface area contributed by atoms with Crippen LogP contribution in [0.25, 0.3) is 0 Å². The van der Waals surface area contributed by atoms with Crippen molar-refractivity contribution in [1.29, 1.82) is 0 Å². The van der Waals surface area contributed by atoms with Crippen molar-refractivity contribution < 1.29 is 19.1 Å². The van der Waals surface area contributed by atoms with Gasteiger partial charge in [-0.05, 0) is 61.0 Å².